The van der Waals surface area contributed by atoms with E-state index in [2.05, 4.69) is 5.32 Å². The van der Waals surface area contributed by atoms with Gasteiger partial charge in [-0.2, -0.15) is 0 Å². The summed E-state index contributed by atoms with van der Waals surface area (Å²) in [6.45, 7) is 3.56. The number of benzene rings is 1. The van der Waals surface area contributed by atoms with Crippen molar-refractivity contribution in [3.8, 4) is 0 Å². The zero-order valence-corrected chi connectivity index (χ0v) is 11.6. The van der Waals surface area contributed by atoms with Gasteiger partial charge in [-0.15, -0.1) is 0 Å². The number of amides is 1. The Labute approximate surface area is 121 Å². The molecule has 0 fully saturated rings. The number of aryl methyl sites for hydroxylation is 1. The van der Waals surface area contributed by atoms with E-state index in [9.17, 15) is 14.9 Å². The van der Waals surface area contributed by atoms with Crippen LogP contribution in [0.1, 0.15) is 16.9 Å². The molecule has 0 unspecified atom stereocenters. The summed E-state index contributed by atoms with van der Waals surface area (Å²) in [4.78, 5) is 22.4. The van der Waals surface area contributed by atoms with E-state index in [0.717, 1.165) is 5.56 Å². The second-order valence-corrected chi connectivity index (χ2v) is 4.50. The molecular weight excluding hydrogens is 272 g/mol. The Morgan fingerprint density at radius 3 is 2.71 bits per heavy atom. The van der Waals surface area contributed by atoms with Crippen molar-refractivity contribution in [3.63, 3.8) is 0 Å². The van der Waals surface area contributed by atoms with Crippen molar-refractivity contribution in [3.05, 3.63) is 63.6 Å². The number of anilines is 1. The molecular formula is C15H14N2O4. The van der Waals surface area contributed by atoms with Crippen LogP contribution in [-0.4, -0.2) is 10.8 Å². The number of nitro benzene ring substituents is 1. The SMILES string of the molecule is Cc1ccc([N+](=O)[O-])c(NC(=O)C=Cc2ccco2)c1C. The maximum Gasteiger partial charge on any atom is 0.293 e. The molecule has 0 bridgehead atoms. The highest BCUT2D eigenvalue weighted by Crippen LogP contribution is 2.30. The van der Waals surface area contributed by atoms with Crippen molar-refractivity contribution in [2.24, 2.45) is 0 Å². The number of furan rings is 1. The van der Waals surface area contributed by atoms with Crippen LogP contribution in [-0.2, 0) is 4.79 Å². The third-order valence-corrected chi connectivity index (χ3v) is 3.10. The zero-order chi connectivity index (χ0) is 15.4. The minimum atomic E-state index is -0.516. The van der Waals surface area contributed by atoms with Gasteiger partial charge in [0.25, 0.3) is 5.69 Å². The van der Waals surface area contributed by atoms with Crippen molar-refractivity contribution in [2.75, 3.05) is 5.32 Å². The van der Waals surface area contributed by atoms with Crippen molar-refractivity contribution in [1.82, 2.24) is 0 Å². The van der Waals surface area contributed by atoms with Crippen molar-refractivity contribution in [1.29, 1.82) is 0 Å². The highest BCUT2D eigenvalue weighted by Gasteiger charge is 2.18. The molecule has 1 aromatic heterocycles. The lowest BCUT2D eigenvalue weighted by atomic mass is 10.1. The molecule has 0 aliphatic heterocycles. The first-order chi connectivity index (χ1) is 9.99. The van der Waals surface area contributed by atoms with Crippen LogP contribution in [0.5, 0.6) is 0 Å². The number of nitrogens with one attached hydrogen (secondary N) is 1. The van der Waals surface area contributed by atoms with E-state index >= 15 is 0 Å². The maximum absolute atomic E-state index is 11.9. The molecule has 6 heteroatoms. The van der Waals surface area contributed by atoms with Gasteiger partial charge in [0.1, 0.15) is 11.4 Å². The Hall–Kier alpha value is -2.89. The molecule has 0 saturated heterocycles. The molecule has 0 saturated carbocycles. The molecule has 1 N–H and O–H groups in total. The van der Waals surface area contributed by atoms with Crippen LogP contribution in [0.25, 0.3) is 6.08 Å². The molecule has 0 aliphatic carbocycles. The highest BCUT2D eigenvalue weighted by molar-refractivity contribution is 6.03. The number of nitro groups is 1. The minimum Gasteiger partial charge on any atom is -0.465 e. The maximum atomic E-state index is 11.9. The van der Waals surface area contributed by atoms with Crippen LogP contribution in [0, 0.1) is 24.0 Å². The van der Waals surface area contributed by atoms with E-state index in [-0.39, 0.29) is 11.4 Å². The summed E-state index contributed by atoms with van der Waals surface area (Å²) in [7, 11) is 0. The van der Waals surface area contributed by atoms with Gasteiger partial charge < -0.3 is 9.73 Å². The van der Waals surface area contributed by atoms with Crippen molar-refractivity contribution >= 4 is 23.4 Å². The second kappa shape index (κ2) is 6.04. The summed E-state index contributed by atoms with van der Waals surface area (Å²) >= 11 is 0. The van der Waals surface area contributed by atoms with Gasteiger partial charge in [-0.1, -0.05) is 6.07 Å². The fraction of sp³-hybridized carbons (Fsp3) is 0.133. The van der Waals surface area contributed by atoms with Crippen molar-refractivity contribution in [2.45, 2.75) is 13.8 Å². The molecule has 108 valence electrons. The third kappa shape index (κ3) is 3.36. The first-order valence-electron chi connectivity index (χ1n) is 6.26. The fourth-order valence-corrected chi connectivity index (χ4v) is 1.82. The second-order valence-electron chi connectivity index (χ2n) is 4.50. The van der Waals surface area contributed by atoms with Crippen LogP contribution in [0.2, 0.25) is 0 Å². The summed E-state index contributed by atoms with van der Waals surface area (Å²) in [6.07, 6.45) is 4.25. The van der Waals surface area contributed by atoms with Crippen LogP contribution >= 0.6 is 0 Å². The normalized spacial score (nSPS) is 10.8. The first kappa shape index (κ1) is 14.5. The number of rotatable bonds is 4. The lowest BCUT2D eigenvalue weighted by molar-refractivity contribution is -0.384. The fourth-order valence-electron chi connectivity index (χ4n) is 1.82. The Bertz CT molecular complexity index is 703. The monoisotopic (exact) mass is 286 g/mol. The lowest BCUT2D eigenvalue weighted by Gasteiger charge is -2.09. The van der Waals surface area contributed by atoms with Gasteiger partial charge >= 0.3 is 0 Å². The van der Waals surface area contributed by atoms with Crippen LogP contribution in [0.15, 0.2) is 41.0 Å². The van der Waals surface area contributed by atoms with Crippen LogP contribution in [0.3, 0.4) is 0 Å². The summed E-state index contributed by atoms with van der Waals surface area (Å²) in [5.41, 5.74) is 1.63. The molecule has 2 rings (SSSR count). The zero-order valence-electron chi connectivity index (χ0n) is 11.6. The van der Waals surface area contributed by atoms with E-state index in [0.29, 0.717) is 11.3 Å². The number of nitrogens with zero attached hydrogens (tertiary/aromatic N) is 1. The Morgan fingerprint density at radius 1 is 1.33 bits per heavy atom. The first-order valence-corrected chi connectivity index (χ1v) is 6.26. The molecule has 1 aromatic carbocycles. The summed E-state index contributed by atoms with van der Waals surface area (Å²) in [6, 6.07) is 6.44. The van der Waals surface area contributed by atoms with Gasteiger partial charge in [-0.25, -0.2) is 0 Å². The Morgan fingerprint density at radius 2 is 2.10 bits per heavy atom. The third-order valence-electron chi connectivity index (χ3n) is 3.10. The molecule has 21 heavy (non-hydrogen) atoms. The molecule has 2 aromatic rings. The molecule has 1 heterocycles. The average molecular weight is 286 g/mol. The van der Waals surface area contributed by atoms with Gasteiger partial charge in [0, 0.05) is 12.1 Å². The van der Waals surface area contributed by atoms with E-state index in [1.165, 1.54) is 24.5 Å². The average Bonchev–Trinajstić information content (AvgIpc) is 2.94. The van der Waals surface area contributed by atoms with Gasteiger partial charge in [-0.3, -0.25) is 14.9 Å². The molecule has 0 spiro atoms. The molecule has 0 aliphatic rings. The van der Waals surface area contributed by atoms with Crippen LogP contribution in [0.4, 0.5) is 11.4 Å². The summed E-state index contributed by atoms with van der Waals surface area (Å²) in [5, 5.41) is 13.6. The van der Waals surface area contributed by atoms with Gasteiger partial charge in [-0.05, 0) is 43.2 Å². The molecule has 6 nitrogen and oxygen atoms in total. The van der Waals surface area contributed by atoms with Gasteiger partial charge in [0.05, 0.1) is 11.2 Å². The largest absolute Gasteiger partial charge is 0.465 e. The highest BCUT2D eigenvalue weighted by atomic mass is 16.6. The number of carbonyl (C=O) groups excluding carboxylic acids is 1. The van der Waals surface area contributed by atoms with E-state index in [4.69, 9.17) is 4.42 Å². The Kier molecular flexibility index (Phi) is 4.18. The lowest BCUT2D eigenvalue weighted by Crippen LogP contribution is -2.11. The van der Waals surface area contributed by atoms with Gasteiger partial charge in [0.2, 0.25) is 5.91 Å². The topological polar surface area (TPSA) is 85.4 Å². The minimum absolute atomic E-state index is 0.127. The standard InChI is InChI=1S/C15H14N2O4/c1-10-5-7-13(17(19)20)15(11(10)2)16-14(18)8-6-12-4-3-9-21-12/h3-9H,1-2H3,(H,16,18). The van der Waals surface area contributed by atoms with Crippen molar-refractivity contribution < 1.29 is 14.1 Å². The quantitative estimate of drug-likeness (QED) is 0.530. The van der Waals surface area contributed by atoms with E-state index in [1.54, 1.807) is 25.1 Å². The molecule has 1 amide bonds. The predicted molar refractivity (Wildman–Crippen MR) is 78.9 cm³/mol. The molecule has 0 atom stereocenters. The van der Waals surface area contributed by atoms with E-state index < -0.39 is 10.8 Å². The van der Waals surface area contributed by atoms with E-state index in [1.807, 2.05) is 6.92 Å². The number of hydrogen-bond donors (Lipinski definition) is 1. The number of carbonyl (C=O) groups is 1. The number of hydrogen-bond acceptors (Lipinski definition) is 4. The van der Waals surface area contributed by atoms with Gasteiger partial charge in [0.15, 0.2) is 0 Å². The predicted octanol–water partition coefficient (Wildman–Crippen LogP) is 3.46. The Balaban J connectivity index is 2.24. The molecule has 0 radical (unpaired) electrons. The van der Waals surface area contributed by atoms with Crippen LogP contribution < -0.4 is 5.32 Å². The summed E-state index contributed by atoms with van der Waals surface area (Å²) < 4.78 is 5.06. The summed E-state index contributed by atoms with van der Waals surface area (Å²) in [5.74, 6) is 0.0730. The smallest absolute Gasteiger partial charge is 0.293 e.